The van der Waals surface area contributed by atoms with E-state index in [4.69, 9.17) is 0 Å². The number of carbonyl (C=O) groups is 1. The summed E-state index contributed by atoms with van der Waals surface area (Å²) in [5, 5.41) is 2.90. The van der Waals surface area contributed by atoms with Crippen LogP contribution in [0.1, 0.15) is 6.92 Å². The van der Waals surface area contributed by atoms with Crippen LogP contribution in [0.4, 0.5) is 13.2 Å². The van der Waals surface area contributed by atoms with Crippen molar-refractivity contribution in [3.63, 3.8) is 0 Å². The number of amides is 1. The van der Waals surface area contributed by atoms with E-state index in [1.807, 2.05) is 0 Å². The van der Waals surface area contributed by atoms with Crippen LogP contribution in [0.5, 0.6) is 0 Å². The molecule has 3 nitrogen and oxygen atoms in total. The molecule has 1 aliphatic rings. The quantitative estimate of drug-likeness (QED) is 0.724. The van der Waals surface area contributed by atoms with Crippen molar-refractivity contribution in [3.8, 4) is 0 Å². The van der Waals surface area contributed by atoms with Crippen LogP contribution in [0.2, 0.25) is 0 Å². The molecule has 1 aliphatic heterocycles. The second kappa shape index (κ2) is 3.76. The van der Waals surface area contributed by atoms with Crippen LogP contribution >= 0.6 is 0 Å². The number of hydrogen-bond acceptors (Lipinski definition) is 2. The van der Waals surface area contributed by atoms with Gasteiger partial charge in [-0.2, -0.15) is 13.2 Å². The zero-order chi connectivity index (χ0) is 10.9. The number of likely N-dealkylation sites (N-methyl/N-ethyl adjacent to an activating group) is 1. The SMILES string of the molecule is CC(C(=O)N(C)C1CNC1)C(F)(F)F. The number of rotatable bonds is 2. The van der Waals surface area contributed by atoms with Crippen LogP contribution < -0.4 is 5.32 Å². The van der Waals surface area contributed by atoms with Crippen LogP contribution in [-0.2, 0) is 4.79 Å². The van der Waals surface area contributed by atoms with Gasteiger partial charge in [0, 0.05) is 20.1 Å². The minimum atomic E-state index is -4.44. The maximum atomic E-state index is 12.2. The Labute approximate surface area is 80.3 Å². The summed E-state index contributed by atoms with van der Waals surface area (Å²) in [6, 6.07) is -0.0905. The van der Waals surface area contributed by atoms with Gasteiger partial charge in [-0.3, -0.25) is 4.79 Å². The summed E-state index contributed by atoms with van der Waals surface area (Å²) in [5.41, 5.74) is 0. The van der Waals surface area contributed by atoms with Gasteiger partial charge in [0.25, 0.3) is 0 Å². The fraction of sp³-hybridized carbons (Fsp3) is 0.875. The van der Waals surface area contributed by atoms with Gasteiger partial charge >= 0.3 is 6.18 Å². The summed E-state index contributed by atoms with van der Waals surface area (Å²) in [6.45, 7) is 2.05. The first-order valence-corrected chi connectivity index (χ1v) is 4.38. The fourth-order valence-corrected chi connectivity index (χ4v) is 1.17. The third-order valence-electron chi connectivity index (χ3n) is 2.52. The number of alkyl halides is 3. The van der Waals surface area contributed by atoms with E-state index in [9.17, 15) is 18.0 Å². The van der Waals surface area contributed by atoms with Crippen molar-refractivity contribution in [2.75, 3.05) is 20.1 Å². The number of nitrogens with one attached hydrogen (secondary N) is 1. The van der Waals surface area contributed by atoms with E-state index < -0.39 is 18.0 Å². The molecular weight excluding hydrogens is 197 g/mol. The van der Waals surface area contributed by atoms with E-state index in [0.29, 0.717) is 13.1 Å². The van der Waals surface area contributed by atoms with Crippen LogP contribution in [0.15, 0.2) is 0 Å². The molecule has 0 aromatic heterocycles. The van der Waals surface area contributed by atoms with Crippen molar-refractivity contribution in [2.24, 2.45) is 5.92 Å². The van der Waals surface area contributed by atoms with Crippen LogP contribution in [0, 0.1) is 5.92 Å². The topological polar surface area (TPSA) is 32.3 Å². The fourth-order valence-electron chi connectivity index (χ4n) is 1.17. The Kier molecular flexibility index (Phi) is 3.04. The first-order valence-electron chi connectivity index (χ1n) is 4.38. The molecule has 0 aliphatic carbocycles. The summed E-state index contributed by atoms with van der Waals surface area (Å²) in [6.07, 6.45) is -4.44. The van der Waals surface area contributed by atoms with E-state index in [1.165, 1.54) is 11.9 Å². The molecular formula is C8H13F3N2O. The first-order chi connectivity index (χ1) is 6.34. The average molecular weight is 210 g/mol. The minimum Gasteiger partial charge on any atom is -0.340 e. The second-order valence-electron chi connectivity index (χ2n) is 3.52. The molecule has 1 rings (SSSR count). The molecule has 1 fully saturated rings. The molecule has 1 heterocycles. The Balaban J connectivity index is 2.55. The average Bonchev–Trinajstić information content (AvgIpc) is 1.96. The van der Waals surface area contributed by atoms with E-state index >= 15 is 0 Å². The van der Waals surface area contributed by atoms with E-state index in [-0.39, 0.29) is 6.04 Å². The lowest BCUT2D eigenvalue weighted by atomic mass is 10.1. The van der Waals surface area contributed by atoms with Crippen LogP contribution in [0.25, 0.3) is 0 Å². The number of carbonyl (C=O) groups excluding carboxylic acids is 1. The van der Waals surface area contributed by atoms with Gasteiger partial charge in [-0.05, 0) is 6.92 Å². The van der Waals surface area contributed by atoms with Gasteiger partial charge in [0.2, 0.25) is 5.91 Å². The molecule has 0 radical (unpaired) electrons. The minimum absolute atomic E-state index is 0.0905. The van der Waals surface area contributed by atoms with Crippen molar-refractivity contribution in [1.82, 2.24) is 10.2 Å². The normalized spacial score (nSPS) is 20.1. The number of halogens is 3. The lowest BCUT2D eigenvalue weighted by Gasteiger charge is -2.37. The van der Waals surface area contributed by atoms with Crippen molar-refractivity contribution in [3.05, 3.63) is 0 Å². The Morgan fingerprint density at radius 1 is 1.50 bits per heavy atom. The molecule has 0 bridgehead atoms. The molecule has 0 aromatic carbocycles. The molecule has 14 heavy (non-hydrogen) atoms. The molecule has 1 atom stereocenters. The van der Waals surface area contributed by atoms with Crippen molar-refractivity contribution in [2.45, 2.75) is 19.1 Å². The molecule has 0 saturated carbocycles. The predicted octanol–water partition coefficient (Wildman–Crippen LogP) is 0.615. The maximum Gasteiger partial charge on any atom is 0.400 e. The lowest BCUT2D eigenvalue weighted by molar-refractivity contribution is -0.186. The maximum absolute atomic E-state index is 12.2. The molecule has 1 unspecified atom stereocenters. The second-order valence-corrected chi connectivity index (χ2v) is 3.52. The smallest absolute Gasteiger partial charge is 0.340 e. The van der Waals surface area contributed by atoms with Gasteiger partial charge in [-0.15, -0.1) is 0 Å². The number of hydrogen-bond donors (Lipinski definition) is 1. The van der Waals surface area contributed by atoms with E-state index in [1.54, 1.807) is 0 Å². The highest BCUT2D eigenvalue weighted by molar-refractivity contribution is 5.79. The van der Waals surface area contributed by atoms with Gasteiger partial charge in [0.15, 0.2) is 0 Å². The van der Waals surface area contributed by atoms with Gasteiger partial charge in [0.1, 0.15) is 5.92 Å². The summed E-state index contributed by atoms with van der Waals surface area (Å²) in [4.78, 5) is 12.5. The molecule has 0 spiro atoms. The molecule has 1 saturated heterocycles. The van der Waals surface area contributed by atoms with Crippen LogP contribution in [-0.4, -0.2) is 43.2 Å². The third-order valence-corrected chi connectivity index (χ3v) is 2.52. The Morgan fingerprint density at radius 3 is 2.29 bits per heavy atom. The highest BCUT2D eigenvalue weighted by Gasteiger charge is 2.43. The van der Waals surface area contributed by atoms with Crippen molar-refractivity contribution < 1.29 is 18.0 Å². The zero-order valence-corrected chi connectivity index (χ0v) is 8.06. The Hall–Kier alpha value is -0.780. The van der Waals surface area contributed by atoms with Crippen molar-refractivity contribution in [1.29, 1.82) is 0 Å². The van der Waals surface area contributed by atoms with Gasteiger partial charge in [-0.25, -0.2) is 0 Å². The van der Waals surface area contributed by atoms with E-state index in [0.717, 1.165) is 6.92 Å². The lowest BCUT2D eigenvalue weighted by Crippen LogP contribution is -2.59. The standard InChI is InChI=1S/C8H13F3N2O/c1-5(8(9,10)11)7(14)13(2)6-3-12-4-6/h5-6,12H,3-4H2,1-2H3. The van der Waals surface area contributed by atoms with Gasteiger partial charge in [0.05, 0.1) is 6.04 Å². The van der Waals surface area contributed by atoms with Gasteiger partial charge < -0.3 is 10.2 Å². The van der Waals surface area contributed by atoms with Gasteiger partial charge in [-0.1, -0.05) is 0 Å². The monoisotopic (exact) mass is 210 g/mol. The molecule has 0 aromatic rings. The largest absolute Gasteiger partial charge is 0.400 e. The van der Waals surface area contributed by atoms with Crippen LogP contribution in [0.3, 0.4) is 0 Å². The van der Waals surface area contributed by atoms with E-state index in [2.05, 4.69) is 5.32 Å². The molecule has 82 valence electrons. The Bertz CT molecular complexity index is 225. The number of nitrogens with zero attached hydrogens (tertiary/aromatic N) is 1. The van der Waals surface area contributed by atoms with Crippen molar-refractivity contribution >= 4 is 5.91 Å². The zero-order valence-electron chi connectivity index (χ0n) is 8.06. The highest BCUT2D eigenvalue weighted by atomic mass is 19.4. The predicted molar refractivity (Wildman–Crippen MR) is 44.6 cm³/mol. The Morgan fingerprint density at radius 2 is 2.00 bits per heavy atom. The first kappa shape index (κ1) is 11.3. The summed E-state index contributed by atoms with van der Waals surface area (Å²) in [7, 11) is 1.41. The molecule has 6 heteroatoms. The molecule has 1 amide bonds. The highest BCUT2D eigenvalue weighted by Crippen LogP contribution is 2.27. The third kappa shape index (κ3) is 2.17. The summed E-state index contributed by atoms with van der Waals surface area (Å²) < 4.78 is 36.5. The summed E-state index contributed by atoms with van der Waals surface area (Å²) >= 11 is 0. The summed E-state index contributed by atoms with van der Waals surface area (Å²) in [5.74, 6) is -2.77. The molecule has 1 N–H and O–H groups in total.